The molecule has 0 heterocycles. The number of nitrogen functional groups attached to an aromatic ring is 1. The second-order valence-corrected chi connectivity index (χ2v) is 7.81. The van der Waals surface area contributed by atoms with Gasteiger partial charge in [-0.25, -0.2) is 13.1 Å². The van der Waals surface area contributed by atoms with Crippen LogP contribution in [0.25, 0.3) is 0 Å². The van der Waals surface area contributed by atoms with Gasteiger partial charge >= 0.3 is 0 Å². The van der Waals surface area contributed by atoms with E-state index in [1.165, 1.54) is 0 Å². The predicted molar refractivity (Wildman–Crippen MR) is 80.9 cm³/mol. The van der Waals surface area contributed by atoms with Crippen molar-refractivity contribution in [3.05, 3.63) is 21.1 Å². The summed E-state index contributed by atoms with van der Waals surface area (Å²) < 4.78 is 27.8. The first kappa shape index (κ1) is 15.9. The Labute approximate surface area is 125 Å². The molecular formula is C11H16Br2N2O2S. The predicted octanol–water partition coefficient (Wildman–Crippen LogP) is 3.12. The number of benzene rings is 1. The third kappa shape index (κ3) is 4.22. The number of hydrogen-bond acceptors (Lipinski definition) is 3. The highest BCUT2D eigenvalue weighted by molar-refractivity contribution is 9.11. The summed E-state index contributed by atoms with van der Waals surface area (Å²) in [6, 6.07) is 3.14. The van der Waals surface area contributed by atoms with Crippen molar-refractivity contribution in [1.82, 2.24) is 4.72 Å². The van der Waals surface area contributed by atoms with Crippen LogP contribution < -0.4 is 10.5 Å². The van der Waals surface area contributed by atoms with E-state index < -0.39 is 10.0 Å². The van der Waals surface area contributed by atoms with E-state index in [1.807, 2.05) is 13.8 Å². The van der Waals surface area contributed by atoms with Crippen LogP contribution in [0.5, 0.6) is 0 Å². The van der Waals surface area contributed by atoms with Gasteiger partial charge < -0.3 is 5.73 Å². The molecule has 0 aliphatic rings. The maximum atomic E-state index is 12.2. The van der Waals surface area contributed by atoms with E-state index in [2.05, 4.69) is 36.6 Å². The standard InChI is InChI=1S/C11H16Br2N2O2S/c1-7(2)3-4-15-18(16,17)11-9(12)5-8(14)6-10(11)13/h5-7,15H,3-4,14H2,1-2H3. The zero-order valence-corrected chi connectivity index (χ0v) is 14.2. The first-order chi connectivity index (χ1) is 8.24. The third-order valence-corrected chi connectivity index (χ3v) is 5.64. The molecule has 1 aromatic carbocycles. The Balaban J connectivity index is 2.99. The average Bonchev–Trinajstić information content (AvgIpc) is 2.13. The highest BCUT2D eigenvalue weighted by atomic mass is 79.9. The van der Waals surface area contributed by atoms with Crippen molar-refractivity contribution in [2.75, 3.05) is 12.3 Å². The van der Waals surface area contributed by atoms with Crippen LogP contribution in [0, 0.1) is 5.92 Å². The number of anilines is 1. The van der Waals surface area contributed by atoms with E-state index in [0.717, 1.165) is 6.42 Å². The molecule has 0 saturated carbocycles. The lowest BCUT2D eigenvalue weighted by Gasteiger charge is -2.12. The summed E-state index contributed by atoms with van der Waals surface area (Å²) in [6.07, 6.45) is 0.795. The van der Waals surface area contributed by atoms with Crippen LogP contribution >= 0.6 is 31.9 Å². The molecule has 1 aromatic rings. The monoisotopic (exact) mass is 398 g/mol. The summed E-state index contributed by atoms with van der Waals surface area (Å²) in [6.45, 7) is 4.51. The second-order valence-electron chi connectivity index (χ2n) is 4.39. The zero-order chi connectivity index (χ0) is 13.9. The lowest BCUT2D eigenvalue weighted by atomic mass is 10.1. The van der Waals surface area contributed by atoms with E-state index in [9.17, 15) is 8.42 Å². The van der Waals surface area contributed by atoms with Crippen LogP contribution in [0.4, 0.5) is 5.69 Å². The largest absolute Gasteiger partial charge is 0.399 e. The maximum Gasteiger partial charge on any atom is 0.242 e. The van der Waals surface area contributed by atoms with E-state index in [0.29, 0.717) is 27.1 Å². The third-order valence-electron chi connectivity index (χ3n) is 2.30. The number of nitrogens with one attached hydrogen (secondary N) is 1. The maximum absolute atomic E-state index is 12.2. The van der Waals surface area contributed by atoms with Crippen molar-refractivity contribution < 1.29 is 8.42 Å². The van der Waals surface area contributed by atoms with Crippen LogP contribution in [0.1, 0.15) is 20.3 Å². The number of hydrogen-bond donors (Lipinski definition) is 2. The Morgan fingerprint density at radius 2 is 1.78 bits per heavy atom. The van der Waals surface area contributed by atoms with Gasteiger partial charge in [-0.1, -0.05) is 13.8 Å². The molecule has 0 unspecified atom stereocenters. The van der Waals surface area contributed by atoms with E-state index >= 15 is 0 Å². The summed E-state index contributed by atoms with van der Waals surface area (Å²) >= 11 is 6.45. The molecule has 0 aliphatic carbocycles. The van der Waals surface area contributed by atoms with E-state index in [-0.39, 0.29) is 4.90 Å². The minimum atomic E-state index is -3.53. The number of rotatable bonds is 5. The molecule has 0 atom stereocenters. The Morgan fingerprint density at radius 3 is 2.22 bits per heavy atom. The number of sulfonamides is 1. The molecule has 4 nitrogen and oxygen atoms in total. The lowest BCUT2D eigenvalue weighted by Crippen LogP contribution is -2.26. The first-order valence-corrected chi connectivity index (χ1v) is 8.55. The minimum Gasteiger partial charge on any atom is -0.399 e. The summed E-state index contributed by atoms with van der Waals surface area (Å²) in [5.74, 6) is 0.450. The number of halogens is 2. The van der Waals surface area contributed by atoms with Gasteiger partial charge in [0.25, 0.3) is 0 Å². The van der Waals surface area contributed by atoms with Crippen molar-refractivity contribution in [2.24, 2.45) is 5.92 Å². The Bertz CT molecular complexity index is 507. The van der Waals surface area contributed by atoms with Gasteiger partial charge in [-0.3, -0.25) is 0 Å². The van der Waals surface area contributed by atoms with Crippen LogP contribution in [-0.4, -0.2) is 15.0 Å². The lowest BCUT2D eigenvalue weighted by molar-refractivity contribution is 0.551. The van der Waals surface area contributed by atoms with Crippen LogP contribution in [0.3, 0.4) is 0 Å². The van der Waals surface area contributed by atoms with Gasteiger partial charge in [0.1, 0.15) is 4.90 Å². The zero-order valence-electron chi connectivity index (χ0n) is 10.2. The fourth-order valence-corrected chi connectivity index (χ4v) is 5.05. The van der Waals surface area contributed by atoms with Crippen LogP contribution in [0.2, 0.25) is 0 Å². The normalized spacial score (nSPS) is 12.1. The van der Waals surface area contributed by atoms with Crippen molar-refractivity contribution in [3.63, 3.8) is 0 Å². The quantitative estimate of drug-likeness (QED) is 0.747. The van der Waals surface area contributed by atoms with Gasteiger partial charge in [0.15, 0.2) is 0 Å². The molecule has 0 aliphatic heterocycles. The molecule has 0 spiro atoms. The molecule has 3 N–H and O–H groups in total. The first-order valence-electron chi connectivity index (χ1n) is 5.48. The van der Waals surface area contributed by atoms with Gasteiger partial charge in [-0.05, 0) is 56.3 Å². The Kier molecular flexibility index (Phi) is 5.64. The Morgan fingerprint density at radius 1 is 1.28 bits per heavy atom. The minimum absolute atomic E-state index is 0.181. The molecule has 18 heavy (non-hydrogen) atoms. The van der Waals surface area contributed by atoms with Crippen molar-refractivity contribution in [3.8, 4) is 0 Å². The van der Waals surface area contributed by atoms with Crippen LogP contribution in [-0.2, 0) is 10.0 Å². The summed E-state index contributed by atoms with van der Waals surface area (Å²) in [5, 5.41) is 0. The molecule has 0 aromatic heterocycles. The van der Waals surface area contributed by atoms with Crippen molar-refractivity contribution in [1.29, 1.82) is 0 Å². The van der Waals surface area contributed by atoms with Gasteiger partial charge in [-0.2, -0.15) is 0 Å². The summed E-state index contributed by atoms with van der Waals surface area (Å²) in [5.41, 5.74) is 6.13. The van der Waals surface area contributed by atoms with E-state index in [4.69, 9.17) is 5.73 Å². The summed E-state index contributed by atoms with van der Waals surface area (Å²) in [7, 11) is -3.53. The smallest absolute Gasteiger partial charge is 0.242 e. The molecule has 0 bridgehead atoms. The molecule has 0 radical (unpaired) electrons. The topological polar surface area (TPSA) is 72.2 Å². The molecule has 0 amide bonds. The summed E-state index contributed by atoms with van der Waals surface area (Å²) in [4.78, 5) is 0.181. The molecule has 0 saturated heterocycles. The molecular weight excluding hydrogens is 384 g/mol. The number of nitrogens with two attached hydrogens (primary N) is 1. The highest BCUT2D eigenvalue weighted by Crippen LogP contribution is 2.32. The molecule has 1 rings (SSSR count). The van der Waals surface area contributed by atoms with Gasteiger partial charge in [0.2, 0.25) is 10.0 Å². The Hall–Kier alpha value is -0.110. The van der Waals surface area contributed by atoms with Crippen molar-refractivity contribution in [2.45, 2.75) is 25.2 Å². The molecule has 0 fully saturated rings. The fraction of sp³-hybridized carbons (Fsp3) is 0.455. The SMILES string of the molecule is CC(C)CCNS(=O)(=O)c1c(Br)cc(N)cc1Br. The van der Waals surface area contributed by atoms with E-state index in [1.54, 1.807) is 12.1 Å². The molecule has 7 heteroatoms. The average molecular weight is 400 g/mol. The van der Waals surface area contributed by atoms with Gasteiger partial charge in [0.05, 0.1) is 0 Å². The second kappa shape index (κ2) is 6.36. The van der Waals surface area contributed by atoms with Gasteiger partial charge in [0, 0.05) is 21.2 Å². The molecule has 102 valence electrons. The van der Waals surface area contributed by atoms with Gasteiger partial charge in [-0.15, -0.1) is 0 Å². The fourth-order valence-electron chi connectivity index (χ4n) is 1.39. The highest BCUT2D eigenvalue weighted by Gasteiger charge is 2.21. The van der Waals surface area contributed by atoms with Crippen LogP contribution in [0.15, 0.2) is 26.0 Å². The van der Waals surface area contributed by atoms with Crippen molar-refractivity contribution >= 4 is 47.6 Å².